The number of anilines is 3. The van der Waals surface area contributed by atoms with Crippen molar-refractivity contribution in [3.63, 3.8) is 0 Å². The Morgan fingerprint density at radius 2 is 1.74 bits per heavy atom. The Labute approximate surface area is 153 Å². The molecule has 2 aromatic heterocycles. The highest BCUT2D eigenvalue weighted by Crippen LogP contribution is 2.38. The van der Waals surface area contributed by atoms with Gasteiger partial charge < -0.3 is 15.4 Å². The summed E-state index contributed by atoms with van der Waals surface area (Å²) in [5, 5.41) is 5.73. The first-order valence-electron chi connectivity index (χ1n) is 7.90. The van der Waals surface area contributed by atoms with Crippen LogP contribution in [0.1, 0.15) is 5.56 Å². The van der Waals surface area contributed by atoms with Gasteiger partial charge in [0, 0.05) is 36.8 Å². The molecule has 3 rings (SSSR count). The molecule has 9 heteroatoms. The summed E-state index contributed by atoms with van der Waals surface area (Å²) in [6.07, 6.45) is -1.28. The van der Waals surface area contributed by atoms with Gasteiger partial charge in [-0.1, -0.05) is 0 Å². The van der Waals surface area contributed by atoms with Gasteiger partial charge in [0.2, 0.25) is 5.95 Å². The van der Waals surface area contributed by atoms with E-state index < -0.39 is 11.7 Å². The minimum absolute atomic E-state index is 0.226. The molecule has 0 amide bonds. The topological polar surface area (TPSA) is 72.0 Å². The maximum absolute atomic E-state index is 13.2. The molecule has 0 atom stereocenters. The molecule has 1 aromatic carbocycles. The fourth-order valence-electron chi connectivity index (χ4n) is 2.45. The first kappa shape index (κ1) is 18.4. The van der Waals surface area contributed by atoms with Gasteiger partial charge in [0.15, 0.2) is 0 Å². The Balaban J connectivity index is 1.98. The van der Waals surface area contributed by atoms with Crippen molar-refractivity contribution in [3.05, 3.63) is 54.4 Å². The summed E-state index contributed by atoms with van der Waals surface area (Å²) in [7, 11) is 2.85. The van der Waals surface area contributed by atoms with Crippen LogP contribution < -0.4 is 15.4 Å². The lowest BCUT2D eigenvalue weighted by atomic mass is 10.1. The van der Waals surface area contributed by atoms with Crippen molar-refractivity contribution in [2.24, 2.45) is 0 Å². The normalized spacial score (nSPS) is 11.1. The molecule has 0 aliphatic rings. The van der Waals surface area contributed by atoms with Gasteiger partial charge in [0.1, 0.15) is 11.6 Å². The highest BCUT2D eigenvalue weighted by molar-refractivity contribution is 5.67. The van der Waals surface area contributed by atoms with Crippen molar-refractivity contribution in [2.45, 2.75) is 6.18 Å². The largest absolute Gasteiger partial charge is 0.496 e. The standard InChI is InChI=1S/C18H16F3N5O/c1-22-17-25-14(11-5-7-23-8-6-11)10-16(26-17)24-12-3-4-15(27-2)13(9-12)18(19,20)21/h3-10H,1-2H3,(H2,22,24,25,26). The summed E-state index contributed by atoms with van der Waals surface area (Å²) < 4.78 is 44.4. The number of nitrogens with zero attached hydrogens (tertiary/aromatic N) is 3. The highest BCUT2D eigenvalue weighted by atomic mass is 19.4. The van der Waals surface area contributed by atoms with Gasteiger partial charge in [-0.05, 0) is 30.3 Å². The third kappa shape index (κ3) is 4.25. The minimum atomic E-state index is -4.53. The first-order chi connectivity index (χ1) is 12.9. The molecule has 0 saturated carbocycles. The minimum Gasteiger partial charge on any atom is -0.496 e. The average Bonchev–Trinajstić information content (AvgIpc) is 2.67. The molecule has 0 unspecified atom stereocenters. The van der Waals surface area contributed by atoms with Crippen LogP contribution in [0.3, 0.4) is 0 Å². The summed E-state index contributed by atoms with van der Waals surface area (Å²) in [5.74, 6) is 0.431. The maximum atomic E-state index is 13.2. The van der Waals surface area contributed by atoms with E-state index in [4.69, 9.17) is 4.74 Å². The van der Waals surface area contributed by atoms with Gasteiger partial charge in [0.05, 0.1) is 18.4 Å². The van der Waals surface area contributed by atoms with Crippen LogP contribution in [-0.2, 0) is 6.18 Å². The van der Waals surface area contributed by atoms with E-state index in [1.54, 1.807) is 37.6 Å². The molecule has 0 spiro atoms. The van der Waals surface area contributed by atoms with Crippen molar-refractivity contribution in [1.82, 2.24) is 15.0 Å². The SMILES string of the molecule is CNc1nc(Nc2ccc(OC)c(C(F)(F)F)c2)cc(-c2ccncc2)n1. The molecule has 140 valence electrons. The third-order valence-electron chi connectivity index (χ3n) is 3.70. The lowest BCUT2D eigenvalue weighted by molar-refractivity contribution is -0.138. The number of rotatable bonds is 5. The monoisotopic (exact) mass is 375 g/mol. The summed E-state index contributed by atoms with van der Waals surface area (Å²) in [6.45, 7) is 0. The number of halogens is 3. The summed E-state index contributed by atoms with van der Waals surface area (Å²) in [6, 6.07) is 8.93. The van der Waals surface area contributed by atoms with Crippen molar-refractivity contribution in [3.8, 4) is 17.0 Å². The third-order valence-corrected chi connectivity index (χ3v) is 3.70. The molecular formula is C18H16F3N5O. The van der Waals surface area contributed by atoms with Gasteiger partial charge in [-0.25, -0.2) is 4.98 Å². The quantitative estimate of drug-likeness (QED) is 0.691. The van der Waals surface area contributed by atoms with Gasteiger partial charge >= 0.3 is 6.18 Å². The van der Waals surface area contributed by atoms with Gasteiger partial charge in [-0.2, -0.15) is 18.2 Å². The number of hydrogen-bond acceptors (Lipinski definition) is 6. The van der Waals surface area contributed by atoms with E-state index in [1.165, 1.54) is 19.2 Å². The Bertz CT molecular complexity index is 932. The average molecular weight is 375 g/mol. The number of pyridine rings is 1. The van der Waals surface area contributed by atoms with E-state index in [-0.39, 0.29) is 11.4 Å². The lowest BCUT2D eigenvalue weighted by Gasteiger charge is -2.15. The van der Waals surface area contributed by atoms with Crippen LogP contribution in [0.5, 0.6) is 5.75 Å². The summed E-state index contributed by atoms with van der Waals surface area (Å²) in [5.41, 5.74) is 0.762. The van der Waals surface area contributed by atoms with Crippen molar-refractivity contribution in [1.29, 1.82) is 0 Å². The second kappa shape index (κ2) is 7.48. The van der Waals surface area contributed by atoms with E-state index in [0.29, 0.717) is 17.5 Å². The number of ether oxygens (including phenoxy) is 1. The van der Waals surface area contributed by atoms with Crippen LogP contribution in [0, 0.1) is 0 Å². The fourth-order valence-corrected chi connectivity index (χ4v) is 2.45. The lowest BCUT2D eigenvalue weighted by Crippen LogP contribution is -2.08. The van der Waals surface area contributed by atoms with E-state index in [1.807, 2.05) is 0 Å². The second-order valence-electron chi connectivity index (χ2n) is 5.49. The number of alkyl halides is 3. The Kier molecular flexibility index (Phi) is 5.11. The molecule has 6 nitrogen and oxygen atoms in total. The fraction of sp³-hybridized carbons (Fsp3) is 0.167. The number of nitrogens with one attached hydrogen (secondary N) is 2. The predicted molar refractivity (Wildman–Crippen MR) is 96.1 cm³/mol. The van der Waals surface area contributed by atoms with Crippen LogP contribution in [0.15, 0.2) is 48.8 Å². The molecule has 0 saturated heterocycles. The number of benzene rings is 1. The molecule has 3 aromatic rings. The van der Waals surface area contributed by atoms with E-state index in [0.717, 1.165) is 11.6 Å². The zero-order valence-corrected chi connectivity index (χ0v) is 14.5. The number of aromatic nitrogens is 3. The van der Waals surface area contributed by atoms with E-state index in [9.17, 15) is 13.2 Å². The molecular weight excluding hydrogens is 359 g/mol. The molecule has 0 fully saturated rings. The van der Waals surface area contributed by atoms with E-state index in [2.05, 4.69) is 25.6 Å². The molecule has 0 aliphatic heterocycles. The van der Waals surface area contributed by atoms with Crippen molar-refractivity contribution < 1.29 is 17.9 Å². The second-order valence-corrected chi connectivity index (χ2v) is 5.49. The molecule has 0 bridgehead atoms. The van der Waals surface area contributed by atoms with E-state index >= 15 is 0 Å². The zero-order chi connectivity index (χ0) is 19.4. The molecule has 27 heavy (non-hydrogen) atoms. The zero-order valence-electron chi connectivity index (χ0n) is 14.5. The summed E-state index contributed by atoms with van der Waals surface area (Å²) >= 11 is 0. The Morgan fingerprint density at radius 3 is 2.37 bits per heavy atom. The number of hydrogen-bond donors (Lipinski definition) is 2. The van der Waals surface area contributed by atoms with Gasteiger partial charge in [-0.15, -0.1) is 0 Å². The maximum Gasteiger partial charge on any atom is 0.420 e. The highest BCUT2D eigenvalue weighted by Gasteiger charge is 2.34. The number of methoxy groups -OCH3 is 1. The van der Waals surface area contributed by atoms with Gasteiger partial charge in [0.25, 0.3) is 0 Å². The van der Waals surface area contributed by atoms with Crippen molar-refractivity contribution >= 4 is 17.5 Å². The Morgan fingerprint density at radius 1 is 1.00 bits per heavy atom. The summed E-state index contributed by atoms with van der Waals surface area (Å²) in [4.78, 5) is 12.6. The van der Waals surface area contributed by atoms with Crippen LogP contribution in [-0.4, -0.2) is 29.1 Å². The molecule has 0 aliphatic carbocycles. The smallest absolute Gasteiger partial charge is 0.420 e. The first-order valence-corrected chi connectivity index (χ1v) is 7.90. The molecule has 0 radical (unpaired) electrons. The molecule has 2 N–H and O–H groups in total. The molecule has 2 heterocycles. The Hall–Kier alpha value is -3.36. The van der Waals surface area contributed by atoms with Crippen LogP contribution in [0.2, 0.25) is 0 Å². The predicted octanol–water partition coefficient (Wildman–Crippen LogP) is 4.35. The van der Waals surface area contributed by atoms with Crippen LogP contribution in [0.25, 0.3) is 11.3 Å². The van der Waals surface area contributed by atoms with Gasteiger partial charge in [-0.3, -0.25) is 4.98 Å². The van der Waals surface area contributed by atoms with Crippen LogP contribution >= 0.6 is 0 Å². The van der Waals surface area contributed by atoms with Crippen molar-refractivity contribution in [2.75, 3.05) is 24.8 Å². The van der Waals surface area contributed by atoms with Crippen LogP contribution in [0.4, 0.5) is 30.6 Å².